The third-order valence-electron chi connectivity index (χ3n) is 6.95. The predicted molar refractivity (Wildman–Crippen MR) is 148 cm³/mol. The Morgan fingerprint density at radius 2 is 1.79 bits per heavy atom. The first-order chi connectivity index (χ1) is 18.4. The number of rotatable bonds is 12. The number of non-ortho nitro benzene ring substituents is 1. The number of nitrogens with zero attached hydrogens (tertiary/aromatic N) is 3. The molecule has 1 saturated carbocycles. The first-order valence-corrected chi connectivity index (χ1v) is 14.7. The van der Waals surface area contributed by atoms with Crippen LogP contribution in [0.3, 0.4) is 0 Å². The molecule has 0 saturated heterocycles. The van der Waals surface area contributed by atoms with Crippen LogP contribution >= 0.6 is 0 Å². The SMILES string of the molecule is CC[C@@H](C(=O)NC1CCCC1)N(Cc1ccc(OC)cc1)C(=O)CN(c1cc([N+](=O)[O-])ccc1C)S(C)(=O)=O. The van der Waals surface area contributed by atoms with E-state index in [4.69, 9.17) is 4.74 Å². The van der Waals surface area contributed by atoms with E-state index in [-0.39, 0.29) is 29.9 Å². The highest BCUT2D eigenvalue weighted by Crippen LogP contribution is 2.28. The zero-order chi connectivity index (χ0) is 28.7. The average molecular weight is 561 g/mol. The van der Waals surface area contributed by atoms with Crippen LogP contribution in [-0.4, -0.2) is 62.0 Å². The van der Waals surface area contributed by atoms with Gasteiger partial charge in [-0.1, -0.05) is 38.0 Å². The maximum Gasteiger partial charge on any atom is 0.271 e. The van der Waals surface area contributed by atoms with Crippen molar-refractivity contribution in [1.82, 2.24) is 10.2 Å². The summed E-state index contributed by atoms with van der Waals surface area (Å²) < 4.78 is 31.8. The predicted octanol–water partition coefficient (Wildman–Crippen LogP) is 3.54. The number of nitrogens with one attached hydrogen (secondary N) is 1. The Balaban J connectivity index is 1.98. The number of nitro groups is 1. The fourth-order valence-electron chi connectivity index (χ4n) is 4.79. The summed E-state index contributed by atoms with van der Waals surface area (Å²) in [6.07, 6.45) is 5.07. The first kappa shape index (κ1) is 29.9. The molecule has 1 N–H and O–H groups in total. The summed E-state index contributed by atoms with van der Waals surface area (Å²) in [6.45, 7) is 2.85. The lowest BCUT2D eigenvalue weighted by atomic mass is 10.1. The molecule has 0 bridgehead atoms. The Hall–Kier alpha value is -3.67. The number of aryl methyl sites for hydroxylation is 1. The minimum absolute atomic E-state index is 0.0351. The molecule has 0 spiro atoms. The molecule has 11 nitrogen and oxygen atoms in total. The van der Waals surface area contributed by atoms with Gasteiger partial charge in [-0.25, -0.2) is 8.42 Å². The quantitative estimate of drug-likeness (QED) is 0.309. The van der Waals surface area contributed by atoms with Crippen molar-refractivity contribution in [1.29, 1.82) is 0 Å². The first-order valence-electron chi connectivity index (χ1n) is 12.9. The van der Waals surface area contributed by atoms with E-state index in [1.807, 2.05) is 0 Å². The van der Waals surface area contributed by atoms with E-state index in [0.717, 1.165) is 47.9 Å². The van der Waals surface area contributed by atoms with Gasteiger partial charge >= 0.3 is 0 Å². The summed E-state index contributed by atoms with van der Waals surface area (Å²) in [5.41, 5.74) is 0.919. The fourth-order valence-corrected chi connectivity index (χ4v) is 5.69. The Bertz CT molecular complexity index is 1290. The van der Waals surface area contributed by atoms with Crippen LogP contribution in [0.1, 0.15) is 50.2 Å². The molecule has 0 heterocycles. The number of nitro benzene ring substituents is 1. The van der Waals surface area contributed by atoms with Gasteiger partial charge in [0.25, 0.3) is 5.69 Å². The number of anilines is 1. The van der Waals surface area contributed by atoms with Gasteiger partial charge in [-0.3, -0.25) is 24.0 Å². The number of benzene rings is 2. The van der Waals surface area contributed by atoms with Crippen LogP contribution in [0.4, 0.5) is 11.4 Å². The summed E-state index contributed by atoms with van der Waals surface area (Å²) in [7, 11) is -2.48. The Kier molecular flexibility index (Phi) is 9.90. The van der Waals surface area contributed by atoms with Crippen LogP contribution < -0.4 is 14.4 Å². The van der Waals surface area contributed by atoms with Gasteiger partial charge in [-0.05, 0) is 49.4 Å². The van der Waals surface area contributed by atoms with Gasteiger partial charge in [0.2, 0.25) is 21.8 Å². The van der Waals surface area contributed by atoms with E-state index < -0.39 is 33.4 Å². The molecule has 1 aliphatic rings. The Morgan fingerprint density at radius 3 is 2.33 bits per heavy atom. The molecule has 2 aromatic carbocycles. The summed E-state index contributed by atoms with van der Waals surface area (Å²) >= 11 is 0. The smallest absolute Gasteiger partial charge is 0.271 e. The molecule has 0 aromatic heterocycles. The molecule has 12 heteroatoms. The zero-order valence-electron chi connectivity index (χ0n) is 22.8. The number of methoxy groups -OCH3 is 1. The van der Waals surface area contributed by atoms with Crippen molar-refractivity contribution in [2.75, 3.05) is 24.2 Å². The second kappa shape index (κ2) is 12.9. The average Bonchev–Trinajstić information content (AvgIpc) is 3.40. The molecular weight excluding hydrogens is 524 g/mol. The maximum absolute atomic E-state index is 13.9. The molecule has 2 aromatic rings. The summed E-state index contributed by atoms with van der Waals surface area (Å²) in [6, 6.07) is 10.1. The zero-order valence-corrected chi connectivity index (χ0v) is 23.6. The molecule has 1 atom stereocenters. The van der Waals surface area contributed by atoms with Crippen LogP contribution in [0.15, 0.2) is 42.5 Å². The van der Waals surface area contributed by atoms with Gasteiger partial charge in [-0.2, -0.15) is 0 Å². The normalized spacial score (nSPS) is 14.5. The summed E-state index contributed by atoms with van der Waals surface area (Å²) in [4.78, 5) is 39.3. The molecule has 212 valence electrons. The molecular formula is C27H36N4O7S. The topological polar surface area (TPSA) is 139 Å². The van der Waals surface area contributed by atoms with Crippen LogP contribution in [0, 0.1) is 17.0 Å². The fraction of sp³-hybridized carbons (Fsp3) is 0.481. The van der Waals surface area contributed by atoms with Gasteiger partial charge < -0.3 is 15.0 Å². The van der Waals surface area contributed by atoms with Crippen molar-refractivity contribution in [2.45, 2.75) is 64.6 Å². The van der Waals surface area contributed by atoms with Crippen molar-refractivity contribution < 1.29 is 27.7 Å². The van der Waals surface area contributed by atoms with Crippen molar-refractivity contribution in [3.63, 3.8) is 0 Å². The number of amides is 2. The second-order valence-electron chi connectivity index (χ2n) is 9.78. The van der Waals surface area contributed by atoms with E-state index in [1.54, 1.807) is 45.2 Å². The van der Waals surface area contributed by atoms with Gasteiger partial charge in [-0.15, -0.1) is 0 Å². The Morgan fingerprint density at radius 1 is 1.15 bits per heavy atom. The molecule has 1 fully saturated rings. The largest absolute Gasteiger partial charge is 0.497 e. The van der Waals surface area contributed by atoms with Crippen LogP contribution in [0.2, 0.25) is 0 Å². The third kappa shape index (κ3) is 7.69. The van der Waals surface area contributed by atoms with E-state index in [0.29, 0.717) is 17.7 Å². The summed E-state index contributed by atoms with van der Waals surface area (Å²) in [5, 5.41) is 14.4. The van der Waals surface area contributed by atoms with Crippen molar-refractivity contribution in [3.8, 4) is 5.75 Å². The second-order valence-corrected chi connectivity index (χ2v) is 11.7. The molecule has 3 rings (SSSR count). The molecule has 0 unspecified atom stereocenters. The lowest BCUT2D eigenvalue weighted by Gasteiger charge is -2.33. The Labute approximate surface area is 229 Å². The highest BCUT2D eigenvalue weighted by atomic mass is 32.2. The van der Waals surface area contributed by atoms with E-state index in [9.17, 15) is 28.1 Å². The van der Waals surface area contributed by atoms with Gasteiger partial charge in [0.15, 0.2) is 0 Å². The standard InChI is InChI=1S/C27H36N4O7S/c1-5-24(27(33)28-21-8-6-7-9-21)29(17-20-11-14-23(38-3)15-12-20)26(32)18-30(39(4,36)37)25-16-22(31(34)35)13-10-19(25)2/h10-16,21,24H,5-9,17-18H2,1-4H3,(H,28,33)/t24-/m0/s1. The lowest BCUT2D eigenvalue weighted by molar-refractivity contribution is -0.384. The minimum Gasteiger partial charge on any atom is -0.497 e. The van der Waals surface area contributed by atoms with E-state index in [2.05, 4.69) is 5.32 Å². The molecule has 2 amide bonds. The van der Waals surface area contributed by atoms with Gasteiger partial charge in [0.1, 0.15) is 18.3 Å². The molecule has 39 heavy (non-hydrogen) atoms. The monoisotopic (exact) mass is 560 g/mol. The van der Waals surface area contributed by atoms with Crippen molar-refractivity contribution in [3.05, 3.63) is 63.7 Å². The summed E-state index contributed by atoms with van der Waals surface area (Å²) in [5.74, 6) is -0.258. The van der Waals surface area contributed by atoms with Crippen LogP contribution in [0.5, 0.6) is 5.75 Å². The van der Waals surface area contributed by atoms with E-state index in [1.165, 1.54) is 17.0 Å². The number of hydrogen-bond acceptors (Lipinski definition) is 7. The van der Waals surface area contributed by atoms with Crippen LogP contribution in [-0.2, 0) is 26.2 Å². The highest BCUT2D eigenvalue weighted by Gasteiger charge is 2.33. The molecule has 0 aliphatic heterocycles. The van der Waals surface area contributed by atoms with E-state index >= 15 is 0 Å². The number of hydrogen-bond donors (Lipinski definition) is 1. The van der Waals surface area contributed by atoms with Crippen molar-refractivity contribution >= 4 is 33.2 Å². The molecule has 0 radical (unpaired) electrons. The van der Waals surface area contributed by atoms with Gasteiger partial charge in [0.05, 0.1) is 24.0 Å². The number of carbonyl (C=O) groups excluding carboxylic acids is 2. The number of sulfonamides is 1. The van der Waals surface area contributed by atoms with Gasteiger partial charge in [0, 0.05) is 24.7 Å². The lowest BCUT2D eigenvalue weighted by Crippen LogP contribution is -2.53. The number of carbonyl (C=O) groups is 2. The highest BCUT2D eigenvalue weighted by molar-refractivity contribution is 7.92. The van der Waals surface area contributed by atoms with Crippen molar-refractivity contribution in [2.24, 2.45) is 0 Å². The van der Waals surface area contributed by atoms with Crippen LogP contribution in [0.25, 0.3) is 0 Å². The maximum atomic E-state index is 13.9. The third-order valence-corrected chi connectivity index (χ3v) is 8.08. The molecule has 1 aliphatic carbocycles. The number of ether oxygens (including phenoxy) is 1. The minimum atomic E-state index is -4.02.